The highest BCUT2D eigenvalue weighted by molar-refractivity contribution is 7.99. The molecule has 2 saturated carbocycles. The molecule has 3 aliphatic carbocycles. The van der Waals surface area contributed by atoms with Gasteiger partial charge >= 0.3 is 0 Å². The lowest BCUT2D eigenvalue weighted by molar-refractivity contribution is 0.417. The maximum Gasteiger partial charge on any atom is 0.167 e. The standard InChI is InChI=1S/C28H30F4S/c1-33-21-11-8-16(9-12-21)7-10-18-13-19-14-20-15-22(17-5-3-2-4-6-17)26(30)28(32)24(20)23(19)27(31)25(18)29/h7,10,13,15-17,21H,2-6,8-9,11-12,14H2,1H3/b10-7+. The monoisotopic (exact) mass is 474 g/mol. The van der Waals surface area contributed by atoms with Gasteiger partial charge in [-0.15, -0.1) is 0 Å². The summed E-state index contributed by atoms with van der Waals surface area (Å²) in [5.41, 5.74) is 1.50. The number of benzene rings is 2. The minimum atomic E-state index is -1.07. The normalized spacial score (nSPS) is 23.2. The van der Waals surface area contributed by atoms with Crippen molar-refractivity contribution in [1.82, 2.24) is 0 Å². The van der Waals surface area contributed by atoms with Crippen LogP contribution in [0.3, 0.4) is 0 Å². The van der Waals surface area contributed by atoms with Gasteiger partial charge in [0.25, 0.3) is 0 Å². The summed E-state index contributed by atoms with van der Waals surface area (Å²) in [6.45, 7) is 0. The van der Waals surface area contributed by atoms with Gasteiger partial charge in [0.05, 0.1) is 0 Å². The summed E-state index contributed by atoms with van der Waals surface area (Å²) in [6, 6.07) is 3.33. The van der Waals surface area contributed by atoms with Crippen LogP contribution >= 0.6 is 11.8 Å². The van der Waals surface area contributed by atoms with E-state index in [1.54, 1.807) is 18.2 Å². The summed E-state index contributed by atoms with van der Waals surface area (Å²) in [4.78, 5) is 0. The van der Waals surface area contributed by atoms with E-state index < -0.39 is 23.3 Å². The Labute approximate surface area is 197 Å². The number of rotatable bonds is 4. The van der Waals surface area contributed by atoms with Gasteiger partial charge in [-0.3, -0.25) is 0 Å². The van der Waals surface area contributed by atoms with Gasteiger partial charge in [-0.2, -0.15) is 11.8 Å². The highest BCUT2D eigenvalue weighted by atomic mass is 32.2. The molecule has 0 spiro atoms. The molecule has 0 aliphatic heterocycles. The molecule has 3 aliphatic rings. The molecule has 33 heavy (non-hydrogen) atoms. The van der Waals surface area contributed by atoms with Gasteiger partial charge in [0, 0.05) is 21.9 Å². The second kappa shape index (κ2) is 9.48. The van der Waals surface area contributed by atoms with E-state index in [0.29, 0.717) is 34.3 Å². The molecule has 0 nitrogen and oxygen atoms in total. The molecule has 2 aromatic rings. The molecule has 0 bridgehead atoms. The van der Waals surface area contributed by atoms with Crippen LogP contribution < -0.4 is 0 Å². The Bertz CT molecular complexity index is 1080. The van der Waals surface area contributed by atoms with Crippen molar-refractivity contribution in [2.75, 3.05) is 6.26 Å². The minimum Gasteiger partial charge on any atom is -0.203 e. The molecule has 0 heterocycles. The van der Waals surface area contributed by atoms with Crippen molar-refractivity contribution in [2.24, 2.45) is 5.92 Å². The molecule has 0 unspecified atom stereocenters. The highest BCUT2D eigenvalue weighted by Crippen LogP contribution is 2.46. The SMILES string of the molecule is CSC1CCC(/C=C/c2cc3c(c(F)c2F)-c2c(cc(C4CCCCC4)c(F)c2F)C3)CC1. The average molecular weight is 475 g/mol. The Balaban J connectivity index is 1.45. The summed E-state index contributed by atoms with van der Waals surface area (Å²) in [5.74, 6) is -3.60. The lowest BCUT2D eigenvalue weighted by Crippen LogP contribution is -2.14. The average Bonchev–Trinajstić information content (AvgIpc) is 3.22. The van der Waals surface area contributed by atoms with Gasteiger partial charge < -0.3 is 0 Å². The fourth-order valence-corrected chi connectivity index (χ4v) is 6.76. The van der Waals surface area contributed by atoms with Crippen LogP contribution in [-0.2, 0) is 6.42 Å². The Morgan fingerprint density at radius 3 is 2.06 bits per heavy atom. The molecular formula is C28H30F4S. The summed E-state index contributed by atoms with van der Waals surface area (Å²) >= 11 is 1.90. The summed E-state index contributed by atoms with van der Waals surface area (Å²) in [5, 5.41) is 0.691. The summed E-state index contributed by atoms with van der Waals surface area (Å²) < 4.78 is 60.4. The number of fused-ring (bicyclic) bond motifs is 3. The lowest BCUT2D eigenvalue weighted by Gasteiger charge is -2.25. The van der Waals surface area contributed by atoms with E-state index in [9.17, 15) is 4.39 Å². The summed E-state index contributed by atoms with van der Waals surface area (Å²) in [7, 11) is 0. The van der Waals surface area contributed by atoms with Crippen molar-refractivity contribution in [3.8, 4) is 11.1 Å². The third-order valence-corrected chi connectivity index (χ3v) is 9.05. The second-order valence-corrected chi connectivity index (χ2v) is 11.0. The first kappa shape index (κ1) is 23.0. The quantitative estimate of drug-likeness (QED) is 0.341. The Morgan fingerprint density at radius 1 is 0.758 bits per heavy atom. The van der Waals surface area contributed by atoms with E-state index in [1.807, 2.05) is 17.8 Å². The first-order chi connectivity index (χ1) is 16.0. The zero-order valence-corrected chi connectivity index (χ0v) is 19.8. The molecule has 0 radical (unpaired) electrons. The first-order valence-electron chi connectivity index (χ1n) is 12.2. The van der Waals surface area contributed by atoms with Crippen LogP contribution in [0.1, 0.15) is 86.0 Å². The van der Waals surface area contributed by atoms with Crippen LogP contribution in [0.2, 0.25) is 0 Å². The van der Waals surface area contributed by atoms with Gasteiger partial charge in [0.15, 0.2) is 23.3 Å². The number of allylic oxidation sites excluding steroid dienone is 1. The fourth-order valence-electron chi connectivity index (χ4n) is 6.01. The zero-order valence-electron chi connectivity index (χ0n) is 19.0. The van der Waals surface area contributed by atoms with Crippen LogP contribution in [-0.4, -0.2) is 11.5 Å². The summed E-state index contributed by atoms with van der Waals surface area (Å²) in [6.07, 6.45) is 15.3. The molecule has 0 N–H and O–H groups in total. The van der Waals surface area contributed by atoms with Crippen LogP contribution in [0, 0.1) is 29.2 Å². The second-order valence-electron chi connectivity index (χ2n) is 9.90. The Morgan fingerprint density at radius 2 is 1.39 bits per heavy atom. The lowest BCUT2D eigenvalue weighted by atomic mass is 9.82. The van der Waals surface area contributed by atoms with Crippen molar-refractivity contribution in [3.63, 3.8) is 0 Å². The maximum atomic E-state index is 15.2. The first-order valence-corrected chi connectivity index (χ1v) is 13.5. The molecule has 0 aromatic heterocycles. The van der Waals surface area contributed by atoms with E-state index in [2.05, 4.69) is 6.26 Å². The maximum absolute atomic E-state index is 15.2. The van der Waals surface area contributed by atoms with Crippen molar-refractivity contribution in [1.29, 1.82) is 0 Å². The third-order valence-electron chi connectivity index (χ3n) is 7.91. The third kappa shape index (κ3) is 4.26. The van der Waals surface area contributed by atoms with Crippen molar-refractivity contribution in [3.05, 3.63) is 63.7 Å². The Kier molecular flexibility index (Phi) is 6.61. The topological polar surface area (TPSA) is 0 Å². The number of hydrogen-bond acceptors (Lipinski definition) is 1. The van der Waals surface area contributed by atoms with E-state index in [-0.39, 0.29) is 22.6 Å². The molecule has 0 amide bonds. The van der Waals surface area contributed by atoms with E-state index >= 15 is 13.2 Å². The van der Waals surface area contributed by atoms with Crippen LogP contribution in [0.4, 0.5) is 17.6 Å². The van der Waals surface area contributed by atoms with Gasteiger partial charge in [-0.05, 0) is 85.8 Å². The van der Waals surface area contributed by atoms with Crippen LogP contribution in [0.25, 0.3) is 17.2 Å². The fraction of sp³-hybridized carbons (Fsp3) is 0.500. The predicted octanol–water partition coefficient (Wildman–Crippen LogP) is 8.80. The zero-order chi connectivity index (χ0) is 23.1. The van der Waals surface area contributed by atoms with Crippen LogP contribution in [0.5, 0.6) is 0 Å². The number of halogens is 4. The molecule has 0 atom stereocenters. The molecule has 5 heteroatoms. The predicted molar refractivity (Wildman–Crippen MR) is 129 cm³/mol. The van der Waals surface area contributed by atoms with Gasteiger partial charge in [-0.25, -0.2) is 17.6 Å². The van der Waals surface area contributed by atoms with E-state index in [0.717, 1.165) is 57.8 Å². The largest absolute Gasteiger partial charge is 0.203 e. The van der Waals surface area contributed by atoms with E-state index in [4.69, 9.17) is 0 Å². The molecular weight excluding hydrogens is 444 g/mol. The molecule has 0 saturated heterocycles. The molecule has 2 fully saturated rings. The van der Waals surface area contributed by atoms with Crippen molar-refractivity contribution < 1.29 is 17.6 Å². The van der Waals surface area contributed by atoms with Gasteiger partial charge in [0.1, 0.15) is 0 Å². The van der Waals surface area contributed by atoms with Crippen molar-refractivity contribution >= 4 is 17.8 Å². The van der Waals surface area contributed by atoms with Crippen molar-refractivity contribution in [2.45, 2.75) is 75.4 Å². The smallest absolute Gasteiger partial charge is 0.167 e. The Hall–Kier alpha value is -1.75. The molecule has 2 aromatic carbocycles. The van der Waals surface area contributed by atoms with Crippen LogP contribution in [0.15, 0.2) is 18.2 Å². The number of thioether (sulfide) groups is 1. The minimum absolute atomic E-state index is 0.00328. The van der Waals surface area contributed by atoms with E-state index in [1.165, 1.54) is 0 Å². The molecule has 5 rings (SSSR count). The number of hydrogen-bond donors (Lipinski definition) is 0. The molecule has 176 valence electrons. The van der Waals surface area contributed by atoms with Gasteiger partial charge in [-0.1, -0.05) is 37.5 Å². The van der Waals surface area contributed by atoms with Gasteiger partial charge in [0.2, 0.25) is 0 Å². The highest BCUT2D eigenvalue weighted by Gasteiger charge is 2.33.